The molecule has 19 heavy (non-hydrogen) atoms. The second kappa shape index (κ2) is 5.76. The van der Waals surface area contributed by atoms with Crippen LogP contribution in [0.15, 0.2) is 42.5 Å². The van der Waals surface area contributed by atoms with Crippen LogP contribution in [0.25, 0.3) is 0 Å². The van der Waals surface area contributed by atoms with Crippen LogP contribution in [0.3, 0.4) is 0 Å². The fourth-order valence-electron chi connectivity index (χ4n) is 1.75. The molecule has 0 fully saturated rings. The van der Waals surface area contributed by atoms with E-state index in [1.807, 2.05) is 25.1 Å². The van der Waals surface area contributed by atoms with E-state index in [4.69, 9.17) is 17.3 Å². The molecule has 0 saturated heterocycles. The fourth-order valence-corrected chi connectivity index (χ4v) is 1.96. The number of carbonyl (C=O) groups is 1. The summed E-state index contributed by atoms with van der Waals surface area (Å²) in [6.07, 6.45) is 0. The van der Waals surface area contributed by atoms with Gasteiger partial charge in [-0.05, 0) is 48.4 Å². The van der Waals surface area contributed by atoms with E-state index in [0.29, 0.717) is 22.8 Å². The highest BCUT2D eigenvalue weighted by atomic mass is 35.5. The minimum Gasteiger partial charge on any atom is -0.399 e. The number of aryl methyl sites for hydroxylation is 1. The summed E-state index contributed by atoms with van der Waals surface area (Å²) >= 11 is 5.89. The van der Waals surface area contributed by atoms with Crippen molar-refractivity contribution in [2.75, 3.05) is 5.73 Å². The Morgan fingerprint density at radius 3 is 2.74 bits per heavy atom. The molecule has 0 aliphatic heterocycles. The average Bonchev–Trinajstić information content (AvgIpc) is 2.39. The molecular weight excluding hydrogens is 260 g/mol. The maximum absolute atomic E-state index is 12.0. The van der Waals surface area contributed by atoms with Gasteiger partial charge in [-0.3, -0.25) is 4.79 Å². The molecule has 0 spiro atoms. The van der Waals surface area contributed by atoms with Crippen LogP contribution in [0.5, 0.6) is 0 Å². The molecule has 2 aromatic carbocycles. The molecule has 98 valence electrons. The summed E-state index contributed by atoms with van der Waals surface area (Å²) in [5.41, 5.74) is 8.88. The highest BCUT2D eigenvalue weighted by Crippen LogP contribution is 2.13. The quantitative estimate of drug-likeness (QED) is 0.845. The lowest BCUT2D eigenvalue weighted by atomic mass is 10.1. The third-order valence-corrected chi connectivity index (χ3v) is 3.11. The Hall–Kier alpha value is -2.00. The van der Waals surface area contributed by atoms with Crippen LogP contribution in [0.4, 0.5) is 5.69 Å². The third kappa shape index (κ3) is 3.48. The van der Waals surface area contributed by atoms with Crippen molar-refractivity contribution in [3.05, 3.63) is 64.2 Å². The maximum Gasteiger partial charge on any atom is 0.251 e. The van der Waals surface area contributed by atoms with E-state index in [1.54, 1.807) is 24.3 Å². The number of benzene rings is 2. The molecule has 0 aliphatic rings. The summed E-state index contributed by atoms with van der Waals surface area (Å²) in [6, 6.07) is 12.6. The molecule has 0 atom stereocenters. The number of hydrogen-bond donors (Lipinski definition) is 2. The summed E-state index contributed by atoms with van der Waals surface area (Å²) in [6.45, 7) is 2.33. The molecule has 0 unspecified atom stereocenters. The van der Waals surface area contributed by atoms with Crippen LogP contribution < -0.4 is 11.1 Å². The van der Waals surface area contributed by atoms with Crippen molar-refractivity contribution in [3.8, 4) is 0 Å². The van der Waals surface area contributed by atoms with Crippen molar-refractivity contribution in [1.29, 1.82) is 0 Å². The Morgan fingerprint density at radius 2 is 2.05 bits per heavy atom. The molecule has 1 amide bonds. The number of hydrogen-bond acceptors (Lipinski definition) is 2. The van der Waals surface area contributed by atoms with E-state index in [0.717, 1.165) is 11.1 Å². The molecule has 3 N–H and O–H groups in total. The number of carbonyl (C=O) groups excluding carboxylic acids is 1. The smallest absolute Gasteiger partial charge is 0.251 e. The van der Waals surface area contributed by atoms with E-state index in [1.165, 1.54) is 0 Å². The Bertz CT molecular complexity index is 611. The molecule has 0 saturated carbocycles. The molecular formula is C15H15ClN2O. The van der Waals surface area contributed by atoms with Crippen LogP contribution in [0.1, 0.15) is 21.5 Å². The van der Waals surface area contributed by atoms with Crippen LogP contribution in [0.2, 0.25) is 5.02 Å². The number of amides is 1. The van der Waals surface area contributed by atoms with Crippen molar-refractivity contribution in [3.63, 3.8) is 0 Å². The van der Waals surface area contributed by atoms with Crippen LogP contribution >= 0.6 is 11.6 Å². The van der Waals surface area contributed by atoms with Gasteiger partial charge >= 0.3 is 0 Å². The number of nitrogens with two attached hydrogens (primary N) is 1. The lowest BCUT2D eigenvalue weighted by Crippen LogP contribution is -2.22. The van der Waals surface area contributed by atoms with Crippen molar-refractivity contribution in [2.45, 2.75) is 13.5 Å². The second-order valence-corrected chi connectivity index (χ2v) is 4.82. The first-order valence-electron chi connectivity index (χ1n) is 5.95. The van der Waals surface area contributed by atoms with Gasteiger partial charge in [-0.2, -0.15) is 0 Å². The number of nitrogens with one attached hydrogen (secondary N) is 1. The minimum atomic E-state index is -0.122. The van der Waals surface area contributed by atoms with Gasteiger partial charge < -0.3 is 11.1 Å². The van der Waals surface area contributed by atoms with E-state index in [9.17, 15) is 4.79 Å². The molecule has 0 bridgehead atoms. The maximum atomic E-state index is 12.0. The summed E-state index contributed by atoms with van der Waals surface area (Å²) in [5, 5.41) is 3.51. The van der Waals surface area contributed by atoms with E-state index < -0.39 is 0 Å². The lowest BCUT2D eigenvalue weighted by molar-refractivity contribution is 0.0951. The minimum absolute atomic E-state index is 0.122. The van der Waals surface area contributed by atoms with Crippen LogP contribution in [-0.2, 0) is 6.54 Å². The molecule has 0 aromatic heterocycles. The van der Waals surface area contributed by atoms with Gasteiger partial charge in [0.2, 0.25) is 0 Å². The molecule has 0 radical (unpaired) electrons. The van der Waals surface area contributed by atoms with Crippen LogP contribution in [0, 0.1) is 6.92 Å². The second-order valence-electron chi connectivity index (χ2n) is 4.38. The standard InChI is InChI=1S/C15H15ClN2O/c1-10-7-12(5-6-14(10)17)15(19)18-9-11-3-2-4-13(16)8-11/h2-8H,9,17H2,1H3,(H,18,19). The molecule has 0 heterocycles. The highest BCUT2D eigenvalue weighted by Gasteiger charge is 2.06. The zero-order valence-electron chi connectivity index (χ0n) is 10.6. The third-order valence-electron chi connectivity index (χ3n) is 2.87. The van der Waals surface area contributed by atoms with E-state index >= 15 is 0 Å². The Labute approximate surface area is 117 Å². The molecule has 2 aromatic rings. The fraction of sp³-hybridized carbons (Fsp3) is 0.133. The van der Waals surface area contributed by atoms with Crippen LogP contribution in [-0.4, -0.2) is 5.91 Å². The van der Waals surface area contributed by atoms with Crippen molar-refractivity contribution >= 4 is 23.2 Å². The number of rotatable bonds is 3. The van der Waals surface area contributed by atoms with Gasteiger partial charge in [0, 0.05) is 22.8 Å². The summed E-state index contributed by atoms with van der Waals surface area (Å²) in [5.74, 6) is -0.122. The number of nitrogen functional groups attached to an aromatic ring is 1. The summed E-state index contributed by atoms with van der Waals surface area (Å²) < 4.78 is 0. The molecule has 2 rings (SSSR count). The lowest BCUT2D eigenvalue weighted by Gasteiger charge is -2.07. The predicted octanol–water partition coefficient (Wildman–Crippen LogP) is 3.16. The molecule has 4 heteroatoms. The molecule has 0 aliphatic carbocycles. The zero-order valence-corrected chi connectivity index (χ0v) is 11.4. The van der Waals surface area contributed by atoms with Gasteiger partial charge in [0.1, 0.15) is 0 Å². The summed E-state index contributed by atoms with van der Waals surface area (Å²) in [4.78, 5) is 12.0. The van der Waals surface area contributed by atoms with Gasteiger partial charge in [-0.25, -0.2) is 0 Å². The topological polar surface area (TPSA) is 55.1 Å². The SMILES string of the molecule is Cc1cc(C(=O)NCc2cccc(Cl)c2)ccc1N. The van der Waals surface area contributed by atoms with Gasteiger partial charge in [0.25, 0.3) is 5.91 Å². The monoisotopic (exact) mass is 274 g/mol. The Balaban J connectivity index is 2.03. The van der Waals surface area contributed by atoms with Gasteiger partial charge in [-0.1, -0.05) is 23.7 Å². The first-order valence-corrected chi connectivity index (χ1v) is 6.33. The average molecular weight is 275 g/mol. The highest BCUT2D eigenvalue weighted by molar-refractivity contribution is 6.30. The van der Waals surface area contributed by atoms with Crippen molar-refractivity contribution < 1.29 is 4.79 Å². The van der Waals surface area contributed by atoms with Gasteiger partial charge in [-0.15, -0.1) is 0 Å². The zero-order chi connectivity index (χ0) is 13.8. The molecule has 3 nitrogen and oxygen atoms in total. The van der Waals surface area contributed by atoms with Crippen molar-refractivity contribution in [2.24, 2.45) is 0 Å². The Morgan fingerprint density at radius 1 is 1.26 bits per heavy atom. The predicted molar refractivity (Wildman–Crippen MR) is 78.2 cm³/mol. The van der Waals surface area contributed by atoms with Gasteiger partial charge in [0.05, 0.1) is 0 Å². The number of anilines is 1. The number of halogens is 1. The first kappa shape index (κ1) is 13.4. The Kier molecular flexibility index (Phi) is 4.07. The van der Waals surface area contributed by atoms with E-state index in [-0.39, 0.29) is 5.91 Å². The largest absolute Gasteiger partial charge is 0.399 e. The van der Waals surface area contributed by atoms with Gasteiger partial charge in [0.15, 0.2) is 0 Å². The summed E-state index contributed by atoms with van der Waals surface area (Å²) in [7, 11) is 0. The first-order chi connectivity index (χ1) is 9.06. The van der Waals surface area contributed by atoms with Crippen molar-refractivity contribution in [1.82, 2.24) is 5.32 Å². The normalized spacial score (nSPS) is 10.2. The van der Waals surface area contributed by atoms with E-state index in [2.05, 4.69) is 5.32 Å².